The van der Waals surface area contributed by atoms with Crippen LogP contribution in [-0.2, 0) is 13.0 Å². The lowest BCUT2D eigenvalue weighted by Gasteiger charge is -2.15. The van der Waals surface area contributed by atoms with Crippen molar-refractivity contribution in [1.29, 1.82) is 0 Å². The molecule has 0 atom stereocenters. The molecule has 2 rings (SSSR count). The van der Waals surface area contributed by atoms with Crippen molar-refractivity contribution in [2.45, 2.75) is 13.0 Å². The Morgan fingerprint density at radius 1 is 1.54 bits per heavy atom. The first-order chi connectivity index (χ1) is 6.31. The lowest BCUT2D eigenvalue weighted by atomic mass is 10.1. The second kappa shape index (κ2) is 3.18. The summed E-state index contributed by atoms with van der Waals surface area (Å²) in [6.07, 6.45) is 0.827. The Bertz CT molecular complexity index is 371. The number of hydrogen-bond donors (Lipinski definition) is 3. The minimum Gasteiger partial charge on any atom is -0.359 e. The average Bonchev–Trinajstić information content (AvgIpc) is 2.18. The molecule has 0 aromatic carbocycles. The van der Waals surface area contributed by atoms with Crippen molar-refractivity contribution < 1.29 is 0 Å². The Morgan fingerprint density at radius 3 is 3.15 bits per heavy atom. The standard InChI is InChI=1S/C8H12N4O/c1-9-8-11-6-2-3-10-4-5(6)7(13)12-8/h10H,2-4H2,1H3,(H2,9,11,12,13). The molecule has 70 valence electrons. The van der Waals surface area contributed by atoms with Crippen LogP contribution in [0.4, 0.5) is 5.95 Å². The molecule has 0 fully saturated rings. The molecule has 0 aliphatic carbocycles. The van der Waals surface area contributed by atoms with Gasteiger partial charge in [0.15, 0.2) is 0 Å². The van der Waals surface area contributed by atoms with Gasteiger partial charge in [-0.1, -0.05) is 0 Å². The van der Waals surface area contributed by atoms with Crippen LogP contribution in [0.3, 0.4) is 0 Å². The summed E-state index contributed by atoms with van der Waals surface area (Å²) in [5.74, 6) is 0.547. The molecule has 1 aliphatic rings. The van der Waals surface area contributed by atoms with Crippen molar-refractivity contribution in [2.75, 3.05) is 18.9 Å². The minimum absolute atomic E-state index is 0.0402. The van der Waals surface area contributed by atoms with E-state index in [1.807, 2.05) is 0 Å². The van der Waals surface area contributed by atoms with E-state index < -0.39 is 0 Å². The zero-order valence-electron chi connectivity index (χ0n) is 7.48. The summed E-state index contributed by atoms with van der Waals surface area (Å²) in [5.41, 5.74) is 1.64. The van der Waals surface area contributed by atoms with E-state index in [2.05, 4.69) is 20.6 Å². The third kappa shape index (κ3) is 1.42. The quantitative estimate of drug-likeness (QED) is 0.542. The van der Waals surface area contributed by atoms with Gasteiger partial charge in [-0.3, -0.25) is 9.78 Å². The van der Waals surface area contributed by atoms with Gasteiger partial charge in [0.2, 0.25) is 5.95 Å². The first-order valence-electron chi connectivity index (χ1n) is 4.32. The number of rotatable bonds is 1. The fourth-order valence-electron chi connectivity index (χ4n) is 1.47. The smallest absolute Gasteiger partial charge is 0.257 e. The first kappa shape index (κ1) is 8.25. The van der Waals surface area contributed by atoms with Crippen molar-refractivity contribution in [2.24, 2.45) is 0 Å². The van der Waals surface area contributed by atoms with Gasteiger partial charge >= 0.3 is 0 Å². The molecule has 3 N–H and O–H groups in total. The number of fused-ring (bicyclic) bond motifs is 1. The molecule has 0 radical (unpaired) electrons. The van der Waals surface area contributed by atoms with Crippen LogP contribution in [0.1, 0.15) is 11.3 Å². The molecule has 0 spiro atoms. The number of aromatic amines is 1. The molecule has 0 amide bonds. The molecule has 1 aromatic rings. The normalized spacial score (nSPS) is 15.2. The zero-order chi connectivity index (χ0) is 9.26. The molecule has 0 saturated carbocycles. The van der Waals surface area contributed by atoms with Crippen molar-refractivity contribution in [3.05, 3.63) is 21.6 Å². The van der Waals surface area contributed by atoms with Gasteiger partial charge in [-0.15, -0.1) is 0 Å². The maximum absolute atomic E-state index is 11.5. The number of anilines is 1. The molecule has 5 nitrogen and oxygen atoms in total. The molecule has 2 heterocycles. The Morgan fingerprint density at radius 2 is 2.38 bits per heavy atom. The van der Waals surface area contributed by atoms with Crippen molar-refractivity contribution in [3.63, 3.8) is 0 Å². The van der Waals surface area contributed by atoms with E-state index in [0.717, 1.165) is 24.2 Å². The predicted octanol–water partition coefficient (Wildman–Crippen LogP) is -0.543. The summed E-state index contributed by atoms with van der Waals surface area (Å²) in [4.78, 5) is 18.4. The zero-order valence-corrected chi connectivity index (χ0v) is 7.48. The largest absolute Gasteiger partial charge is 0.359 e. The van der Waals surface area contributed by atoms with Gasteiger partial charge in [0.05, 0.1) is 11.3 Å². The van der Waals surface area contributed by atoms with Crippen LogP contribution in [0.15, 0.2) is 4.79 Å². The highest BCUT2D eigenvalue weighted by atomic mass is 16.1. The van der Waals surface area contributed by atoms with E-state index in [9.17, 15) is 4.79 Å². The average molecular weight is 180 g/mol. The van der Waals surface area contributed by atoms with Crippen molar-refractivity contribution in [1.82, 2.24) is 15.3 Å². The van der Waals surface area contributed by atoms with E-state index in [1.54, 1.807) is 7.05 Å². The van der Waals surface area contributed by atoms with Crippen LogP contribution in [-0.4, -0.2) is 23.6 Å². The first-order valence-corrected chi connectivity index (χ1v) is 4.32. The summed E-state index contributed by atoms with van der Waals surface area (Å²) >= 11 is 0. The SMILES string of the molecule is CNc1nc2c(c(=O)[nH]1)CNCC2. The molecular weight excluding hydrogens is 168 g/mol. The Hall–Kier alpha value is -1.36. The summed E-state index contributed by atoms with van der Waals surface area (Å²) in [6, 6.07) is 0. The Labute approximate surface area is 75.6 Å². The fourth-order valence-corrected chi connectivity index (χ4v) is 1.47. The fraction of sp³-hybridized carbons (Fsp3) is 0.500. The molecule has 0 saturated heterocycles. The van der Waals surface area contributed by atoms with Crippen LogP contribution in [0.5, 0.6) is 0 Å². The molecule has 5 heteroatoms. The number of nitrogens with zero attached hydrogens (tertiary/aromatic N) is 1. The topological polar surface area (TPSA) is 69.8 Å². The number of hydrogen-bond acceptors (Lipinski definition) is 4. The Balaban J connectivity index is 2.53. The lowest BCUT2D eigenvalue weighted by Crippen LogP contribution is -2.31. The third-order valence-electron chi connectivity index (χ3n) is 2.18. The van der Waals surface area contributed by atoms with Gasteiger partial charge in [-0.2, -0.15) is 0 Å². The van der Waals surface area contributed by atoms with E-state index in [0.29, 0.717) is 12.5 Å². The number of aromatic nitrogens is 2. The molecule has 0 bridgehead atoms. The van der Waals surface area contributed by atoms with Crippen LogP contribution in [0, 0.1) is 0 Å². The maximum Gasteiger partial charge on any atom is 0.257 e. The second-order valence-electron chi connectivity index (χ2n) is 3.02. The van der Waals surface area contributed by atoms with E-state index in [1.165, 1.54) is 0 Å². The van der Waals surface area contributed by atoms with Crippen LogP contribution in [0.25, 0.3) is 0 Å². The van der Waals surface area contributed by atoms with Gasteiger partial charge in [-0.05, 0) is 0 Å². The molecule has 1 aliphatic heterocycles. The van der Waals surface area contributed by atoms with E-state index in [4.69, 9.17) is 0 Å². The van der Waals surface area contributed by atoms with Crippen LogP contribution >= 0.6 is 0 Å². The summed E-state index contributed by atoms with van der Waals surface area (Å²) in [5, 5.41) is 5.97. The maximum atomic E-state index is 11.5. The number of H-pyrrole nitrogens is 1. The third-order valence-corrected chi connectivity index (χ3v) is 2.18. The second-order valence-corrected chi connectivity index (χ2v) is 3.02. The van der Waals surface area contributed by atoms with E-state index in [-0.39, 0.29) is 5.56 Å². The molecule has 13 heavy (non-hydrogen) atoms. The molecule has 0 unspecified atom stereocenters. The Kier molecular flexibility index (Phi) is 2.02. The minimum atomic E-state index is -0.0402. The monoisotopic (exact) mass is 180 g/mol. The van der Waals surface area contributed by atoms with Crippen molar-refractivity contribution >= 4 is 5.95 Å². The number of nitrogens with one attached hydrogen (secondary N) is 3. The van der Waals surface area contributed by atoms with Crippen LogP contribution in [0.2, 0.25) is 0 Å². The van der Waals surface area contributed by atoms with Crippen LogP contribution < -0.4 is 16.2 Å². The lowest BCUT2D eigenvalue weighted by molar-refractivity contribution is 0.621. The van der Waals surface area contributed by atoms with Gasteiger partial charge in [0, 0.05) is 26.6 Å². The summed E-state index contributed by atoms with van der Waals surface area (Å²) < 4.78 is 0. The van der Waals surface area contributed by atoms with Gasteiger partial charge in [-0.25, -0.2) is 4.98 Å². The van der Waals surface area contributed by atoms with Gasteiger partial charge in [0.25, 0.3) is 5.56 Å². The molecular formula is C8H12N4O. The summed E-state index contributed by atoms with van der Waals surface area (Å²) in [6.45, 7) is 1.52. The van der Waals surface area contributed by atoms with Crippen molar-refractivity contribution in [3.8, 4) is 0 Å². The highest BCUT2D eigenvalue weighted by Gasteiger charge is 2.14. The van der Waals surface area contributed by atoms with E-state index >= 15 is 0 Å². The van der Waals surface area contributed by atoms with Gasteiger partial charge < -0.3 is 10.6 Å². The highest BCUT2D eigenvalue weighted by molar-refractivity contribution is 5.30. The predicted molar refractivity (Wildman–Crippen MR) is 49.8 cm³/mol. The summed E-state index contributed by atoms with van der Waals surface area (Å²) in [7, 11) is 1.74. The molecule has 1 aromatic heterocycles. The highest BCUT2D eigenvalue weighted by Crippen LogP contribution is 2.07. The van der Waals surface area contributed by atoms with Gasteiger partial charge in [0.1, 0.15) is 0 Å².